The van der Waals surface area contributed by atoms with E-state index >= 15 is 0 Å². The van der Waals surface area contributed by atoms with Crippen molar-refractivity contribution in [2.75, 3.05) is 11.1 Å². The van der Waals surface area contributed by atoms with Gasteiger partial charge in [0.15, 0.2) is 0 Å². The van der Waals surface area contributed by atoms with Crippen LogP contribution in [0.2, 0.25) is 5.02 Å². The summed E-state index contributed by atoms with van der Waals surface area (Å²) < 4.78 is 13.2. The van der Waals surface area contributed by atoms with Gasteiger partial charge in [-0.15, -0.1) is 0 Å². The molecule has 0 radical (unpaired) electrons. The first-order valence-electron chi connectivity index (χ1n) is 5.04. The van der Waals surface area contributed by atoms with Crippen LogP contribution in [-0.2, 0) is 0 Å². The van der Waals surface area contributed by atoms with Crippen LogP contribution in [0.4, 0.5) is 15.8 Å². The van der Waals surface area contributed by atoms with Crippen molar-refractivity contribution < 1.29 is 9.18 Å². The summed E-state index contributed by atoms with van der Waals surface area (Å²) in [6.07, 6.45) is 2.89. The number of nitrogens with zero attached hydrogens (tertiary/aromatic N) is 1. The fourth-order valence-corrected chi connectivity index (χ4v) is 1.60. The number of halogens is 2. The van der Waals surface area contributed by atoms with E-state index in [2.05, 4.69) is 10.3 Å². The van der Waals surface area contributed by atoms with Crippen molar-refractivity contribution in [2.45, 2.75) is 0 Å². The first-order chi connectivity index (χ1) is 8.59. The summed E-state index contributed by atoms with van der Waals surface area (Å²) in [4.78, 5) is 15.7. The molecular formula is C12H9ClFN3O. The monoisotopic (exact) mass is 265 g/mol. The number of rotatable bonds is 2. The average molecular weight is 266 g/mol. The highest BCUT2D eigenvalue weighted by molar-refractivity contribution is 6.34. The van der Waals surface area contributed by atoms with E-state index in [9.17, 15) is 9.18 Å². The fourth-order valence-electron chi connectivity index (χ4n) is 1.39. The Labute approximate surface area is 108 Å². The summed E-state index contributed by atoms with van der Waals surface area (Å²) in [5.74, 6) is -1.18. The van der Waals surface area contributed by atoms with E-state index < -0.39 is 11.7 Å². The molecule has 0 aliphatic heterocycles. The average Bonchev–Trinajstić information content (AvgIpc) is 2.35. The van der Waals surface area contributed by atoms with E-state index in [4.69, 9.17) is 17.3 Å². The van der Waals surface area contributed by atoms with E-state index in [0.717, 1.165) is 0 Å². The molecule has 1 amide bonds. The number of pyridine rings is 1. The number of hydrogen-bond acceptors (Lipinski definition) is 3. The molecule has 0 saturated heterocycles. The van der Waals surface area contributed by atoms with Crippen molar-refractivity contribution in [1.82, 2.24) is 4.98 Å². The number of benzene rings is 1. The number of amides is 1. The summed E-state index contributed by atoms with van der Waals surface area (Å²) in [6.45, 7) is 0. The normalized spacial score (nSPS) is 10.1. The lowest BCUT2D eigenvalue weighted by Crippen LogP contribution is -2.14. The zero-order valence-corrected chi connectivity index (χ0v) is 9.91. The Bertz CT molecular complexity index is 604. The molecule has 2 rings (SSSR count). The number of nitrogen functional groups attached to an aromatic ring is 1. The molecule has 0 bridgehead atoms. The molecule has 6 heteroatoms. The molecule has 0 spiro atoms. The van der Waals surface area contributed by atoms with Crippen LogP contribution in [0.15, 0.2) is 36.7 Å². The molecule has 0 atom stereocenters. The lowest BCUT2D eigenvalue weighted by Gasteiger charge is -2.08. The van der Waals surface area contributed by atoms with Crippen LogP contribution in [0.1, 0.15) is 10.4 Å². The second kappa shape index (κ2) is 5.01. The number of nitrogens with two attached hydrogens (primary N) is 1. The highest BCUT2D eigenvalue weighted by Gasteiger charge is 2.14. The Kier molecular flexibility index (Phi) is 3.43. The van der Waals surface area contributed by atoms with Gasteiger partial charge in [-0.1, -0.05) is 17.7 Å². The molecule has 0 aliphatic carbocycles. The van der Waals surface area contributed by atoms with Crippen LogP contribution >= 0.6 is 11.6 Å². The molecule has 0 unspecified atom stereocenters. The van der Waals surface area contributed by atoms with Crippen molar-refractivity contribution in [1.29, 1.82) is 0 Å². The van der Waals surface area contributed by atoms with Crippen molar-refractivity contribution in [3.63, 3.8) is 0 Å². The Hall–Kier alpha value is -2.14. The van der Waals surface area contributed by atoms with Gasteiger partial charge in [0.05, 0.1) is 28.2 Å². The Balaban J connectivity index is 2.28. The van der Waals surface area contributed by atoms with Gasteiger partial charge >= 0.3 is 0 Å². The SMILES string of the molecule is Nc1cnccc1NC(=O)c1cccc(F)c1Cl. The molecule has 92 valence electrons. The minimum absolute atomic E-state index is 0.0490. The number of anilines is 2. The fraction of sp³-hybridized carbons (Fsp3) is 0. The summed E-state index contributed by atoms with van der Waals surface area (Å²) in [7, 11) is 0. The first kappa shape index (κ1) is 12.3. The molecule has 0 aliphatic rings. The van der Waals surface area contributed by atoms with E-state index in [0.29, 0.717) is 11.4 Å². The van der Waals surface area contributed by atoms with Crippen molar-refractivity contribution in [3.8, 4) is 0 Å². The van der Waals surface area contributed by atoms with Gasteiger partial charge in [0, 0.05) is 6.20 Å². The van der Waals surface area contributed by atoms with E-state index in [1.54, 1.807) is 6.07 Å². The van der Waals surface area contributed by atoms with Gasteiger partial charge in [0.25, 0.3) is 5.91 Å². The smallest absolute Gasteiger partial charge is 0.257 e. The number of nitrogens with one attached hydrogen (secondary N) is 1. The van der Waals surface area contributed by atoms with E-state index in [-0.39, 0.29) is 10.6 Å². The van der Waals surface area contributed by atoms with Gasteiger partial charge in [-0.2, -0.15) is 0 Å². The number of aromatic nitrogens is 1. The number of carbonyl (C=O) groups is 1. The minimum atomic E-state index is -0.646. The maximum Gasteiger partial charge on any atom is 0.257 e. The van der Waals surface area contributed by atoms with Crippen molar-refractivity contribution in [2.24, 2.45) is 0 Å². The standard InChI is InChI=1S/C12H9ClFN3O/c13-11-7(2-1-3-8(11)14)12(18)17-10-4-5-16-6-9(10)15/h1-6H,15H2,(H,16,17,18). The Morgan fingerprint density at radius 1 is 1.39 bits per heavy atom. The molecule has 4 nitrogen and oxygen atoms in total. The minimum Gasteiger partial charge on any atom is -0.396 e. The van der Waals surface area contributed by atoms with Gasteiger partial charge in [-0.3, -0.25) is 9.78 Å². The molecule has 0 fully saturated rings. The molecule has 3 N–H and O–H groups in total. The molecule has 2 aromatic rings. The van der Waals surface area contributed by atoms with Crippen LogP contribution in [0.25, 0.3) is 0 Å². The molecule has 1 heterocycles. The van der Waals surface area contributed by atoms with Gasteiger partial charge in [-0.05, 0) is 18.2 Å². The van der Waals surface area contributed by atoms with E-state index in [1.165, 1.54) is 30.6 Å². The third-order valence-corrected chi connectivity index (χ3v) is 2.68. The van der Waals surface area contributed by atoms with Gasteiger partial charge in [0.2, 0.25) is 0 Å². The molecular weight excluding hydrogens is 257 g/mol. The summed E-state index contributed by atoms with van der Waals surface area (Å²) >= 11 is 5.71. The predicted molar refractivity (Wildman–Crippen MR) is 68.0 cm³/mol. The maximum atomic E-state index is 13.2. The quantitative estimate of drug-likeness (QED) is 0.877. The summed E-state index contributed by atoms with van der Waals surface area (Å²) in [6, 6.07) is 5.56. The highest BCUT2D eigenvalue weighted by atomic mass is 35.5. The third-order valence-electron chi connectivity index (χ3n) is 2.30. The Morgan fingerprint density at radius 2 is 2.17 bits per heavy atom. The van der Waals surface area contributed by atoms with Gasteiger partial charge < -0.3 is 11.1 Å². The number of hydrogen-bond donors (Lipinski definition) is 2. The van der Waals surface area contributed by atoms with Crippen molar-refractivity contribution in [3.05, 3.63) is 53.1 Å². The molecule has 18 heavy (non-hydrogen) atoms. The molecule has 1 aromatic heterocycles. The largest absolute Gasteiger partial charge is 0.396 e. The van der Waals surface area contributed by atoms with Crippen LogP contribution in [-0.4, -0.2) is 10.9 Å². The topological polar surface area (TPSA) is 68.0 Å². The maximum absolute atomic E-state index is 13.2. The Morgan fingerprint density at radius 3 is 2.89 bits per heavy atom. The molecule has 0 saturated carbocycles. The van der Waals surface area contributed by atoms with Crippen LogP contribution in [0.5, 0.6) is 0 Å². The highest BCUT2D eigenvalue weighted by Crippen LogP contribution is 2.22. The van der Waals surface area contributed by atoms with Gasteiger partial charge in [-0.25, -0.2) is 4.39 Å². The lowest BCUT2D eigenvalue weighted by atomic mass is 10.2. The van der Waals surface area contributed by atoms with E-state index in [1.807, 2.05) is 0 Å². The first-order valence-corrected chi connectivity index (χ1v) is 5.42. The van der Waals surface area contributed by atoms with Crippen LogP contribution < -0.4 is 11.1 Å². The second-order valence-electron chi connectivity index (χ2n) is 3.52. The van der Waals surface area contributed by atoms with Crippen LogP contribution in [0.3, 0.4) is 0 Å². The zero-order valence-electron chi connectivity index (χ0n) is 9.15. The van der Waals surface area contributed by atoms with Crippen molar-refractivity contribution >= 4 is 28.9 Å². The molecule has 1 aromatic carbocycles. The summed E-state index contributed by atoms with van der Waals surface area (Å²) in [5.41, 5.74) is 6.40. The summed E-state index contributed by atoms with van der Waals surface area (Å²) in [5, 5.41) is 2.32. The third kappa shape index (κ3) is 2.41. The van der Waals surface area contributed by atoms with Crippen LogP contribution in [0, 0.1) is 5.82 Å². The lowest BCUT2D eigenvalue weighted by molar-refractivity contribution is 0.102. The van der Waals surface area contributed by atoms with Gasteiger partial charge in [0.1, 0.15) is 5.82 Å². The predicted octanol–water partition coefficient (Wildman–Crippen LogP) is 2.71. The zero-order chi connectivity index (χ0) is 13.1. The number of carbonyl (C=O) groups excluding carboxylic acids is 1. The second-order valence-corrected chi connectivity index (χ2v) is 3.90.